The van der Waals surface area contributed by atoms with Gasteiger partial charge < -0.3 is 20.5 Å². The largest absolute Gasteiger partial charge is 0.490 e. The molecule has 1 amide bonds. The van der Waals surface area contributed by atoms with Crippen LogP contribution in [0.25, 0.3) is 0 Å². The number of benzene rings is 1. The molecule has 0 unspecified atom stereocenters. The summed E-state index contributed by atoms with van der Waals surface area (Å²) in [6, 6.07) is 5.13. The number of rotatable bonds is 4. The van der Waals surface area contributed by atoms with Crippen LogP contribution in [0.3, 0.4) is 0 Å². The van der Waals surface area contributed by atoms with Crippen LogP contribution in [0.4, 0.5) is 5.69 Å². The molecular weight excluding hydrogens is 328 g/mol. The normalized spacial score (nSPS) is 16.9. The average molecular weight is 357 g/mol. The Labute approximate surface area is 150 Å². The molecule has 1 aromatic rings. The Morgan fingerprint density at radius 1 is 1.33 bits per heavy atom. The van der Waals surface area contributed by atoms with Crippen molar-refractivity contribution in [2.24, 2.45) is 11.1 Å². The lowest BCUT2D eigenvalue weighted by Gasteiger charge is -2.26. The maximum atomic E-state index is 12.2. The number of halogens is 1. The number of nitrogens with one attached hydrogen (secondary N) is 1. The zero-order valence-corrected chi connectivity index (χ0v) is 15.7. The third kappa shape index (κ3) is 5.65. The molecule has 0 radical (unpaired) electrons. The van der Waals surface area contributed by atoms with Crippen LogP contribution in [-0.4, -0.2) is 31.3 Å². The number of aryl methyl sites for hydroxylation is 1. The Hall–Kier alpha value is -1.30. The van der Waals surface area contributed by atoms with Gasteiger partial charge in [-0.1, -0.05) is 20.8 Å². The fourth-order valence-electron chi connectivity index (χ4n) is 2.45. The minimum absolute atomic E-state index is 0. The minimum atomic E-state index is -0.555. The highest BCUT2D eigenvalue weighted by Crippen LogP contribution is 2.26. The molecule has 0 aliphatic carbocycles. The zero-order valence-electron chi connectivity index (χ0n) is 14.9. The van der Waals surface area contributed by atoms with Gasteiger partial charge in [0.15, 0.2) is 0 Å². The SMILES string of the molecule is Cc1cc(NC(=O)[C@@H](N)C(C)(C)C)ccc1OC1CCOCC1.Cl. The van der Waals surface area contributed by atoms with E-state index >= 15 is 0 Å². The summed E-state index contributed by atoms with van der Waals surface area (Å²) in [5, 5.41) is 2.88. The fourth-order valence-corrected chi connectivity index (χ4v) is 2.45. The van der Waals surface area contributed by atoms with Gasteiger partial charge in [-0.15, -0.1) is 12.4 Å². The molecule has 6 heteroatoms. The first-order valence-corrected chi connectivity index (χ1v) is 8.19. The molecule has 24 heavy (non-hydrogen) atoms. The van der Waals surface area contributed by atoms with Gasteiger partial charge in [-0.2, -0.15) is 0 Å². The second-order valence-corrected chi connectivity index (χ2v) is 7.24. The van der Waals surface area contributed by atoms with E-state index in [4.69, 9.17) is 15.2 Å². The molecule has 0 saturated carbocycles. The van der Waals surface area contributed by atoms with Gasteiger partial charge in [-0.05, 0) is 36.1 Å². The van der Waals surface area contributed by atoms with E-state index in [1.165, 1.54) is 0 Å². The molecule has 136 valence electrons. The van der Waals surface area contributed by atoms with Gasteiger partial charge in [-0.25, -0.2) is 0 Å². The van der Waals surface area contributed by atoms with Gasteiger partial charge in [0, 0.05) is 18.5 Å². The third-order valence-corrected chi connectivity index (χ3v) is 4.12. The molecule has 1 aliphatic rings. The van der Waals surface area contributed by atoms with Crippen LogP contribution in [0, 0.1) is 12.3 Å². The summed E-state index contributed by atoms with van der Waals surface area (Å²) < 4.78 is 11.4. The second kappa shape index (κ2) is 8.70. The lowest BCUT2D eigenvalue weighted by atomic mass is 9.87. The third-order valence-electron chi connectivity index (χ3n) is 4.12. The average Bonchev–Trinajstić information content (AvgIpc) is 2.49. The highest BCUT2D eigenvalue weighted by molar-refractivity contribution is 5.95. The summed E-state index contributed by atoms with van der Waals surface area (Å²) in [6.07, 6.45) is 2.04. The Kier molecular flexibility index (Phi) is 7.52. The molecule has 3 N–H and O–H groups in total. The molecule has 1 atom stereocenters. The second-order valence-electron chi connectivity index (χ2n) is 7.24. The van der Waals surface area contributed by atoms with Crippen molar-refractivity contribution < 1.29 is 14.3 Å². The number of nitrogens with two attached hydrogens (primary N) is 1. The van der Waals surface area contributed by atoms with E-state index in [0.29, 0.717) is 0 Å². The summed E-state index contributed by atoms with van der Waals surface area (Å²) in [4.78, 5) is 12.2. The van der Waals surface area contributed by atoms with Crippen molar-refractivity contribution in [3.8, 4) is 5.75 Å². The van der Waals surface area contributed by atoms with Gasteiger partial charge in [-0.3, -0.25) is 4.79 Å². The van der Waals surface area contributed by atoms with E-state index in [2.05, 4.69) is 5.32 Å². The van der Waals surface area contributed by atoms with Crippen molar-refractivity contribution in [1.29, 1.82) is 0 Å². The molecule has 2 rings (SSSR count). The molecule has 0 aromatic heterocycles. The Morgan fingerprint density at radius 3 is 2.50 bits per heavy atom. The molecular formula is C18H29ClN2O3. The van der Waals surface area contributed by atoms with Crippen LogP contribution < -0.4 is 15.8 Å². The van der Waals surface area contributed by atoms with Gasteiger partial charge in [0.25, 0.3) is 0 Å². The lowest BCUT2D eigenvalue weighted by Crippen LogP contribution is -2.45. The van der Waals surface area contributed by atoms with Crippen LogP contribution in [0.2, 0.25) is 0 Å². The number of hydrogen-bond acceptors (Lipinski definition) is 4. The van der Waals surface area contributed by atoms with Crippen molar-refractivity contribution in [2.45, 2.75) is 52.7 Å². The van der Waals surface area contributed by atoms with Crippen LogP contribution in [0.1, 0.15) is 39.2 Å². The summed E-state index contributed by atoms with van der Waals surface area (Å²) in [7, 11) is 0. The Balaban J connectivity index is 0.00000288. The monoisotopic (exact) mass is 356 g/mol. The summed E-state index contributed by atoms with van der Waals surface area (Å²) in [5.74, 6) is 0.685. The van der Waals surface area contributed by atoms with Crippen molar-refractivity contribution in [3.05, 3.63) is 23.8 Å². The fraction of sp³-hybridized carbons (Fsp3) is 0.611. The van der Waals surface area contributed by atoms with E-state index in [0.717, 1.165) is 43.1 Å². The predicted molar refractivity (Wildman–Crippen MR) is 99.0 cm³/mol. The molecule has 1 fully saturated rings. The topological polar surface area (TPSA) is 73.6 Å². The number of hydrogen-bond donors (Lipinski definition) is 2. The molecule has 1 aliphatic heterocycles. The van der Waals surface area contributed by atoms with Gasteiger partial charge >= 0.3 is 0 Å². The van der Waals surface area contributed by atoms with Crippen LogP contribution >= 0.6 is 12.4 Å². The number of ether oxygens (including phenoxy) is 2. The summed E-state index contributed by atoms with van der Waals surface area (Å²) >= 11 is 0. The van der Waals surface area contributed by atoms with E-state index in [9.17, 15) is 4.79 Å². The molecule has 1 aromatic carbocycles. The molecule has 1 saturated heterocycles. The van der Waals surface area contributed by atoms with Crippen molar-refractivity contribution in [1.82, 2.24) is 0 Å². The van der Waals surface area contributed by atoms with Crippen LogP contribution in [0.5, 0.6) is 5.75 Å². The molecule has 1 heterocycles. The maximum Gasteiger partial charge on any atom is 0.241 e. The number of anilines is 1. The number of carbonyl (C=O) groups is 1. The number of carbonyl (C=O) groups excluding carboxylic acids is 1. The van der Waals surface area contributed by atoms with Crippen LogP contribution in [-0.2, 0) is 9.53 Å². The predicted octanol–water partition coefficient (Wildman–Crippen LogP) is 3.29. The van der Waals surface area contributed by atoms with Gasteiger partial charge in [0.2, 0.25) is 5.91 Å². The standard InChI is InChI=1S/C18H28N2O3.ClH/c1-12-11-13(20-17(21)16(19)18(2,3)4)5-6-15(12)23-14-7-9-22-10-8-14;/h5-6,11,14,16H,7-10,19H2,1-4H3,(H,20,21);1H/t16-;/m1./s1. The van der Waals surface area contributed by atoms with Crippen molar-refractivity contribution in [3.63, 3.8) is 0 Å². The van der Waals surface area contributed by atoms with Gasteiger partial charge in [0.05, 0.1) is 19.3 Å². The number of amides is 1. The van der Waals surface area contributed by atoms with Gasteiger partial charge in [0.1, 0.15) is 11.9 Å². The van der Waals surface area contributed by atoms with Crippen molar-refractivity contribution in [2.75, 3.05) is 18.5 Å². The zero-order chi connectivity index (χ0) is 17.0. The summed E-state index contributed by atoms with van der Waals surface area (Å²) in [5.41, 5.74) is 7.45. The van der Waals surface area contributed by atoms with Crippen LogP contribution in [0.15, 0.2) is 18.2 Å². The first-order chi connectivity index (χ1) is 10.8. The van der Waals surface area contributed by atoms with E-state index < -0.39 is 6.04 Å². The van der Waals surface area contributed by atoms with E-state index in [-0.39, 0.29) is 29.8 Å². The summed E-state index contributed by atoms with van der Waals surface area (Å²) in [6.45, 7) is 9.34. The Bertz CT molecular complexity index is 552. The first kappa shape index (κ1) is 20.7. The highest BCUT2D eigenvalue weighted by atomic mass is 35.5. The Morgan fingerprint density at radius 2 is 1.96 bits per heavy atom. The molecule has 0 bridgehead atoms. The highest BCUT2D eigenvalue weighted by Gasteiger charge is 2.27. The van der Waals surface area contributed by atoms with E-state index in [1.807, 2.05) is 45.9 Å². The quantitative estimate of drug-likeness (QED) is 0.868. The molecule has 0 spiro atoms. The van der Waals surface area contributed by atoms with E-state index in [1.54, 1.807) is 0 Å². The first-order valence-electron chi connectivity index (χ1n) is 8.19. The van der Waals surface area contributed by atoms with Crippen molar-refractivity contribution >= 4 is 24.0 Å². The smallest absolute Gasteiger partial charge is 0.241 e. The molecule has 5 nitrogen and oxygen atoms in total. The maximum absolute atomic E-state index is 12.2. The minimum Gasteiger partial charge on any atom is -0.490 e. The lowest BCUT2D eigenvalue weighted by molar-refractivity contribution is -0.119.